The Morgan fingerprint density at radius 2 is 1.92 bits per heavy atom. The minimum absolute atomic E-state index is 0.0365. The summed E-state index contributed by atoms with van der Waals surface area (Å²) in [6, 6.07) is 6.12. The summed E-state index contributed by atoms with van der Waals surface area (Å²) >= 11 is 0. The summed E-state index contributed by atoms with van der Waals surface area (Å²) in [5.74, 6) is -0.0643. The zero-order valence-corrected chi connectivity index (χ0v) is 15.7. The van der Waals surface area contributed by atoms with Crippen LogP contribution in [0.5, 0.6) is 0 Å². The molecule has 0 aliphatic heterocycles. The van der Waals surface area contributed by atoms with Crippen LogP contribution in [0.1, 0.15) is 57.5 Å². The van der Waals surface area contributed by atoms with Crippen molar-refractivity contribution in [3.63, 3.8) is 0 Å². The Bertz CT molecular complexity index is 740. The molecular weight excluding hydrogens is 300 g/mol. The fraction of sp³-hybridized carbons (Fsp3) is 0.474. The van der Waals surface area contributed by atoms with Gasteiger partial charge in [0.1, 0.15) is 0 Å². The Balaban J connectivity index is 2.22. The first-order chi connectivity index (χ1) is 11.1. The molecule has 0 spiro atoms. The summed E-state index contributed by atoms with van der Waals surface area (Å²) in [4.78, 5) is 11.3. The van der Waals surface area contributed by atoms with Crippen molar-refractivity contribution in [2.45, 2.75) is 60.0 Å². The van der Waals surface area contributed by atoms with E-state index in [1.54, 1.807) is 0 Å². The van der Waals surface area contributed by atoms with Crippen LogP contribution < -0.4 is 10.6 Å². The lowest BCUT2D eigenvalue weighted by atomic mass is 10.1. The molecule has 0 radical (unpaired) electrons. The van der Waals surface area contributed by atoms with Crippen molar-refractivity contribution in [3.8, 4) is 0 Å². The summed E-state index contributed by atoms with van der Waals surface area (Å²) in [6.07, 6.45) is 2.11. The Hall–Kier alpha value is -2.30. The van der Waals surface area contributed by atoms with Gasteiger partial charge in [-0.1, -0.05) is 6.07 Å². The van der Waals surface area contributed by atoms with E-state index in [4.69, 9.17) is 0 Å². The van der Waals surface area contributed by atoms with E-state index in [1.807, 2.05) is 36.7 Å². The molecule has 2 N–H and O–H groups in total. The fourth-order valence-corrected chi connectivity index (χ4v) is 2.61. The number of nitrogens with one attached hydrogen (secondary N) is 2. The molecule has 2 aromatic rings. The first-order valence-corrected chi connectivity index (χ1v) is 8.29. The predicted molar refractivity (Wildman–Crippen MR) is 99.5 cm³/mol. The number of aryl methyl sites for hydroxylation is 2. The maximum absolute atomic E-state index is 11.3. The molecule has 24 heavy (non-hydrogen) atoms. The molecule has 0 unspecified atom stereocenters. The highest BCUT2D eigenvalue weighted by molar-refractivity contribution is 5.90. The van der Waals surface area contributed by atoms with E-state index in [1.165, 1.54) is 12.5 Å². The van der Waals surface area contributed by atoms with Crippen molar-refractivity contribution in [3.05, 3.63) is 41.2 Å². The van der Waals surface area contributed by atoms with Gasteiger partial charge in [-0.15, -0.1) is 0 Å². The van der Waals surface area contributed by atoms with E-state index in [2.05, 4.69) is 49.6 Å². The minimum atomic E-state index is -0.0643. The lowest BCUT2D eigenvalue weighted by Gasteiger charge is -2.19. The second-order valence-corrected chi connectivity index (χ2v) is 7.36. The molecule has 0 fully saturated rings. The van der Waals surface area contributed by atoms with E-state index in [9.17, 15) is 4.79 Å². The molecule has 0 saturated carbocycles. The Labute approximate surface area is 144 Å². The zero-order valence-electron chi connectivity index (χ0n) is 15.7. The van der Waals surface area contributed by atoms with Gasteiger partial charge in [0, 0.05) is 30.1 Å². The van der Waals surface area contributed by atoms with Crippen LogP contribution in [0.25, 0.3) is 0 Å². The number of benzene rings is 1. The average molecular weight is 328 g/mol. The van der Waals surface area contributed by atoms with Gasteiger partial charge in [-0.05, 0) is 59.2 Å². The van der Waals surface area contributed by atoms with Crippen molar-refractivity contribution >= 4 is 17.3 Å². The Kier molecular flexibility index (Phi) is 5.02. The number of amides is 1. The van der Waals surface area contributed by atoms with E-state index in [0.717, 1.165) is 22.6 Å². The van der Waals surface area contributed by atoms with Gasteiger partial charge in [-0.3, -0.25) is 9.48 Å². The van der Waals surface area contributed by atoms with Crippen molar-refractivity contribution in [1.82, 2.24) is 9.78 Å². The number of nitrogens with zero attached hydrogens (tertiary/aromatic N) is 2. The number of hydrogen-bond donors (Lipinski definition) is 2. The quantitative estimate of drug-likeness (QED) is 0.875. The van der Waals surface area contributed by atoms with Gasteiger partial charge < -0.3 is 10.6 Å². The molecule has 5 nitrogen and oxygen atoms in total. The number of anilines is 2. The fourth-order valence-electron chi connectivity index (χ4n) is 2.61. The monoisotopic (exact) mass is 328 g/mol. The molecule has 1 atom stereocenters. The number of carbonyl (C=O) groups is 1. The molecule has 1 aromatic heterocycles. The van der Waals surface area contributed by atoms with E-state index < -0.39 is 0 Å². The summed E-state index contributed by atoms with van der Waals surface area (Å²) < 4.78 is 2.01. The van der Waals surface area contributed by atoms with Crippen LogP contribution in [-0.4, -0.2) is 15.7 Å². The van der Waals surface area contributed by atoms with Crippen molar-refractivity contribution in [1.29, 1.82) is 0 Å². The molecule has 5 heteroatoms. The normalized spacial score (nSPS) is 12.8. The lowest BCUT2D eigenvalue weighted by molar-refractivity contribution is -0.114. The van der Waals surface area contributed by atoms with Gasteiger partial charge in [0.25, 0.3) is 0 Å². The number of rotatable bonds is 4. The highest BCUT2D eigenvalue weighted by atomic mass is 16.1. The van der Waals surface area contributed by atoms with Crippen LogP contribution in [0, 0.1) is 13.8 Å². The topological polar surface area (TPSA) is 59.0 Å². The third kappa shape index (κ3) is 4.16. The second-order valence-electron chi connectivity index (χ2n) is 7.36. The standard InChI is InChI=1S/C19H28N4O/c1-12-8-9-16(10-18(12)21-15(4)24)20-13(2)17-11-23(19(5,6)7)22-14(17)3/h8-11,13,20H,1-7H3,(H,21,24)/t13-/m0/s1. The molecule has 0 saturated heterocycles. The van der Waals surface area contributed by atoms with Gasteiger partial charge >= 0.3 is 0 Å². The average Bonchev–Trinajstić information content (AvgIpc) is 2.84. The molecule has 130 valence electrons. The van der Waals surface area contributed by atoms with Gasteiger partial charge in [0.05, 0.1) is 17.3 Å². The van der Waals surface area contributed by atoms with Gasteiger partial charge in [0.2, 0.25) is 5.91 Å². The van der Waals surface area contributed by atoms with E-state index in [0.29, 0.717) is 0 Å². The van der Waals surface area contributed by atoms with Crippen LogP contribution in [0.3, 0.4) is 0 Å². The van der Waals surface area contributed by atoms with Crippen LogP contribution >= 0.6 is 0 Å². The largest absolute Gasteiger partial charge is 0.378 e. The lowest BCUT2D eigenvalue weighted by Crippen LogP contribution is -2.22. The van der Waals surface area contributed by atoms with Crippen molar-refractivity contribution < 1.29 is 4.79 Å². The molecule has 1 heterocycles. The van der Waals surface area contributed by atoms with Crippen LogP contribution in [-0.2, 0) is 10.3 Å². The number of hydrogen-bond acceptors (Lipinski definition) is 3. The smallest absolute Gasteiger partial charge is 0.221 e. The summed E-state index contributed by atoms with van der Waals surface area (Å²) in [5, 5.41) is 11.0. The first-order valence-electron chi connectivity index (χ1n) is 8.29. The molecule has 0 aliphatic carbocycles. The molecular formula is C19H28N4O. The van der Waals surface area contributed by atoms with Crippen LogP contribution in [0.2, 0.25) is 0 Å². The molecule has 0 aliphatic rings. The molecule has 2 rings (SSSR count). The molecule has 0 bridgehead atoms. The zero-order chi connectivity index (χ0) is 18.1. The van der Waals surface area contributed by atoms with E-state index >= 15 is 0 Å². The Morgan fingerprint density at radius 1 is 1.25 bits per heavy atom. The van der Waals surface area contributed by atoms with Crippen molar-refractivity contribution in [2.75, 3.05) is 10.6 Å². The summed E-state index contributed by atoms with van der Waals surface area (Å²) in [7, 11) is 0. The van der Waals surface area contributed by atoms with E-state index in [-0.39, 0.29) is 17.5 Å². The predicted octanol–water partition coefficient (Wildman–Crippen LogP) is 4.39. The van der Waals surface area contributed by atoms with Gasteiger partial charge in [0.15, 0.2) is 0 Å². The highest BCUT2D eigenvalue weighted by Gasteiger charge is 2.19. The maximum Gasteiger partial charge on any atom is 0.221 e. The number of carbonyl (C=O) groups excluding carboxylic acids is 1. The summed E-state index contributed by atoms with van der Waals surface area (Å²) in [6.45, 7) is 14.1. The highest BCUT2D eigenvalue weighted by Crippen LogP contribution is 2.27. The Morgan fingerprint density at radius 3 is 2.46 bits per heavy atom. The van der Waals surface area contributed by atoms with Gasteiger partial charge in [-0.25, -0.2) is 0 Å². The molecule has 1 amide bonds. The van der Waals surface area contributed by atoms with Crippen LogP contribution in [0.4, 0.5) is 11.4 Å². The maximum atomic E-state index is 11.3. The second kappa shape index (κ2) is 6.67. The third-order valence-corrected chi connectivity index (χ3v) is 4.02. The summed E-state index contributed by atoms with van der Waals surface area (Å²) in [5.41, 5.74) is 5.01. The molecule has 1 aromatic carbocycles. The minimum Gasteiger partial charge on any atom is -0.378 e. The third-order valence-electron chi connectivity index (χ3n) is 4.02. The van der Waals surface area contributed by atoms with Gasteiger partial charge in [-0.2, -0.15) is 5.10 Å². The number of aromatic nitrogens is 2. The first kappa shape index (κ1) is 18.0. The van der Waals surface area contributed by atoms with Crippen molar-refractivity contribution in [2.24, 2.45) is 0 Å². The SMILES string of the molecule is CC(=O)Nc1cc(N[C@@H](C)c2cn(C(C)(C)C)nc2C)ccc1C. The van der Waals surface area contributed by atoms with Crippen LogP contribution in [0.15, 0.2) is 24.4 Å².